The van der Waals surface area contributed by atoms with Crippen LogP contribution in [0.25, 0.3) is 0 Å². The molecule has 1 aromatic carbocycles. The largest absolute Gasteiger partial charge is 0.477 e. The molecule has 5 heteroatoms. The maximum atomic E-state index is 12.0. The van der Waals surface area contributed by atoms with E-state index >= 15 is 0 Å². The van der Waals surface area contributed by atoms with E-state index in [1.165, 1.54) is 16.7 Å². The smallest absolute Gasteiger partial charge is 0.353 e. The molecule has 2 aliphatic heterocycles. The SMILES string of the molecule is O=C(O)C1=CS[C@H]2[C@@H](Cc3ccccc3)C(=O)N12. The van der Waals surface area contributed by atoms with Crippen LogP contribution in [0.2, 0.25) is 0 Å². The van der Waals surface area contributed by atoms with Gasteiger partial charge in [-0.25, -0.2) is 4.79 Å². The summed E-state index contributed by atoms with van der Waals surface area (Å²) in [5.74, 6) is -1.22. The number of β-lactam (4-membered cyclic amide) rings is 1. The van der Waals surface area contributed by atoms with Gasteiger partial charge in [0.15, 0.2) is 0 Å². The number of thioether (sulfide) groups is 1. The molecule has 2 heterocycles. The average molecular weight is 261 g/mol. The summed E-state index contributed by atoms with van der Waals surface area (Å²) in [6.45, 7) is 0. The molecule has 1 amide bonds. The number of fused-ring (bicyclic) bond motifs is 1. The molecule has 0 spiro atoms. The van der Waals surface area contributed by atoms with E-state index in [0.717, 1.165) is 5.56 Å². The molecule has 1 N–H and O–H groups in total. The fourth-order valence-corrected chi connectivity index (χ4v) is 3.56. The first kappa shape index (κ1) is 11.3. The van der Waals surface area contributed by atoms with Crippen molar-refractivity contribution in [3.05, 3.63) is 47.0 Å². The second kappa shape index (κ2) is 4.17. The van der Waals surface area contributed by atoms with Gasteiger partial charge in [0.05, 0.1) is 11.3 Å². The van der Waals surface area contributed by atoms with Crippen molar-refractivity contribution in [2.75, 3.05) is 0 Å². The van der Waals surface area contributed by atoms with E-state index in [0.29, 0.717) is 6.42 Å². The lowest BCUT2D eigenvalue weighted by molar-refractivity contribution is -0.151. The molecule has 0 radical (unpaired) electrons. The number of amides is 1. The Morgan fingerprint density at radius 1 is 1.33 bits per heavy atom. The third-order valence-electron chi connectivity index (χ3n) is 3.25. The number of carboxylic acids is 1. The molecule has 0 saturated carbocycles. The van der Waals surface area contributed by atoms with Crippen molar-refractivity contribution in [3.63, 3.8) is 0 Å². The predicted molar refractivity (Wildman–Crippen MR) is 67.6 cm³/mol. The molecule has 2 aliphatic rings. The monoisotopic (exact) mass is 261 g/mol. The minimum absolute atomic E-state index is 0.0381. The average Bonchev–Trinajstić information content (AvgIpc) is 2.77. The Bertz CT molecular complexity index is 540. The van der Waals surface area contributed by atoms with Crippen LogP contribution in [0.4, 0.5) is 0 Å². The van der Waals surface area contributed by atoms with Gasteiger partial charge in [0.25, 0.3) is 0 Å². The second-order valence-electron chi connectivity index (χ2n) is 4.34. The highest BCUT2D eigenvalue weighted by Gasteiger charge is 2.53. The molecule has 1 fully saturated rings. The number of carbonyl (C=O) groups excluding carboxylic acids is 1. The van der Waals surface area contributed by atoms with Crippen LogP contribution < -0.4 is 0 Å². The normalized spacial score (nSPS) is 25.4. The van der Waals surface area contributed by atoms with Crippen molar-refractivity contribution in [1.29, 1.82) is 0 Å². The Morgan fingerprint density at radius 3 is 2.72 bits per heavy atom. The highest BCUT2D eigenvalue weighted by Crippen LogP contribution is 2.45. The van der Waals surface area contributed by atoms with Gasteiger partial charge in [-0.15, -0.1) is 11.8 Å². The zero-order chi connectivity index (χ0) is 12.7. The molecule has 0 aromatic heterocycles. The van der Waals surface area contributed by atoms with E-state index in [-0.39, 0.29) is 22.9 Å². The molecular formula is C13H11NO3S. The fourth-order valence-electron chi connectivity index (χ4n) is 2.34. The number of aliphatic carboxylic acids is 1. The molecule has 0 unspecified atom stereocenters. The van der Waals surface area contributed by atoms with Crippen LogP contribution in [-0.4, -0.2) is 27.3 Å². The van der Waals surface area contributed by atoms with Gasteiger partial charge in [-0.2, -0.15) is 0 Å². The number of nitrogens with zero attached hydrogens (tertiary/aromatic N) is 1. The summed E-state index contributed by atoms with van der Waals surface area (Å²) in [7, 11) is 0. The summed E-state index contributed by atoms with van der Waals surface area (Å²) < 4.78 is 0. The zero-order valence-corrected chi connectivity index (χ0v) is 10.3. The second-order valence-corrected chi connectivity index (χ2v) is 5.33. The third-order valence-corrected chi connectivity index (χ3v) is 4.43. The zero-order valence-electron chi connectivity index (χ0n) is 9.45. The van der Waals surface area contributed by atoms with E-state index in [1.807, 2.05) is 30.3 Å². The molecule has 0 aliphatic carbocycles. The summed E-state index contributed by atoms with van der Waals surface area (Å²) in [5.41, 5.74) is 1.22. The molecule has 0 bridgehead atoms. The number of benzene rings is 1. The third kappa shape index (κ3) is 1.62. The number of carboxylic acid groups (broad SMARTS) is 1. The van der Waals surface area contributed by atoms with Crippen LogP contribution in [0, 0.1) is 5.92 Å². The van der Waals surface area contributed by atoms with Gasteiger partial charge in [-0.3, -0.25) is 9.69 Å². The topological polar surface area (TPSA) is 57.6 Å². The van der Waals surface area contributed by atoms with E-state index in [4.69, 9.17) is 5.11 Å². The van der Waals surface area contributed by atoms with Gasteiger partial charge >= 0.3 is 5.97 Å². The minimum Gasteiger partial charge on any atom is -0.477 e. The highest BCUT2D eigenvalue weighted by atomic mass is 32.2. The maximum Gasteiger partial charge on any atom is 0.353 e. The Morgan fingerprint density at radius 2 is 2.06 bits per heavy atom. The van der Waals surface area contributed by atoms with Crippen molar-refractivity contribution >= 4 is 23.6 Å². The van der Waals surface area contributed by atoms with Crippen molar-refractivity contribution in [2.45, 2.75) is 11.8 Å². The Kier molecular flexibility index (Phi) is 2.63. The molecule has 18 heavy (non-hydrogen) atoms. The van der Waals surface area contributed by atoms with Crippen LogP contribution in [0.5, 0.6) is 0 Å². The lowest BCUT2D eigenvalue weighted by atomic mass is 9.90. The van der Waals surface area contributed by atoms with Crippen molar-refractivity contribution in [3.8, 4) is 0 Å². The minimum atomic E-state index is -1.03. The van der Waals surface area contributed by atoms with Crippen LogP contribution in [0.3, 0.4) is 0 Å². The molecular weight excluding hydrogens is 250 g/mol. The Balaban J connectivity index is 1.73. The standard InChI is InChI=1S/C13H11NO3S/c15-11-9(6-8-4-2-1-3-5-8)12-14(11)10(7-18-12)13(16)17/h1-5,7,9,12H,6H2,(H,16,17)/t9-,12-/m0/s1. The predicted octanol–water partition coefficient (Wildman–Crippen LogP) is 1.69. The molecule has 3 rings (SSSR count). The van der Waals surface area contributed by atoms with Crippen LogP contribution in [0.1, 0.15) is 5.56 Å². The summed E-state index contributed by atoms with van der Waals surface area (Å²) in [4.78, 5) is 24.3. The summed E-state index contributed by atoms with van der Waals surface area (Å²) >= 11 is 1.42. The van der Waals surface area contributed by atoms with Gasteiger partial charge in [0.1, 0.15) is 5.70 Å². The number of hydrogen-bond donors (Lipinski definition) is 1. The van der Waals surface area contributed by atoms with E-state index < -0.39 is 5.97 Å². The van der Waals surface area contributed by atoms with Gasteiger partial charge in [-0.1, -0.05) is 30.3 Å². The van der Waals surface area contributed by atoms with Crippen LogP contribution >= 0.6 is 11.8 Å². The first-order valence-electron chi connectivity index (χ1n) is 5.64. The Hall–Kier alpha value is -1.75. The highest BCUT2D eigenvalue weighted by molar-refractivity contribution is 8.03. The summed E-state index contributed by atoms with van der Waals surface area (Å²) in [5, 5.41) is 10.5. The van der Waals surface area contributed by atoms with Crippen LogP contribution in [0.15, 0.2) is 41.4 Å². The lowest BCUT2D eigenvalue weighted by Crippen LogP contribution is -2.57. The van der Waals surface area contributed by atoms with Crippen LogP contribution in [-0.2, 0) is 16.0 Å². The van der Waals surface area contributed by atoms with E-state index in [1.54, 1.807) is 5.41 Å². The van der Waals surface area contributed by atoms with Crippen molar-refractivity contribution in [1.82, 2.24) is 4.90 Å². The molecule has 92 valence electrons. The van der Waals surface area contributed by atoms with E-state index in [2.05, 4.69) is 0 Å². The summed E-state index contributed by atoms with van der Waals surface area (Å²) in [6.07, 6.45) is 0.675. The maximum absolute atomic E-state index is 12.0. The number of hydrogen-bond acceptors (Lipinski definition) is 3. The van der Waals surface area contributed by atoms with Gasteiger partial charge in [-0.05, 0) is 12.0 Å². The first-order chi connectivity index (χ1) is 8.68. The Labute approximate surface area is 108 Å². The molecule has 2 atom stereocenters. The molecule has 4 nitrogen and oxygen atoms in total. The van der Waals surface area contributed by atoms with Gasteiger partial charge < -0.3 is 5.11 Å². The van der Waals surface area contributed by atoms with Gasteiger partial charge in [0.2, 0.25) is 5.91 Å². The fraction of sp³-hybridized carbons (Fsp3) is 0.231. The lowest BCUT2D eigenvalue weighted by Gasteiger charge is -2.42. The van der Waals surface area contributed by atoms with Gasteiger partial charge in [0, 0.05) is 5.41 Å². The molecule has 1 aromatic rings. The quantitative estimate of drug-likeness (QED) is 0.841. The summed E-state index contributed by atoms with van der Waals surface area (Å²) in [6, 6.07) is 9.80. The van der Waals surface area contributed by atoms with E-state index in [9.17, 15) is 9.59 Å². The number of carbonyl (C=O) groups is 2. The number of rotatable bonds is 3. The first-order valence-corrected chi connectivity index (χ1v) is 6.58. The molecule has 1 saturated heterocycles. The van der Waals surface area contributed by atoms with Crippen molar-refractivity contribution in [2.24, 2.45) is 5.92 Å². The van der Waals surface area contributed by atoms with Crippen molar-refractivity contribution < 1.29 is 14.7 Å².